The molecule has 0 aromatic rings. The van der Waals surface area contributed by atoms with Gasteiger partial charge in [0.2, 0.25) is 0 Å². The predicted molar refractivity (Wildman–Crippen MR) is 67.8 cm³/mol. The van der Waals surface area contributed by atoms with Crippen LogP contribution in [0.2, 0.25) is 0 Å². The summed E-state index contributed by atoms with van der Waals surface area (Å²) in [5.41, 5.74) is 0. The molecule has 1 N–H and O–H groups in total. The van der Waals surface area contributed by atoms with Crippen LogP contribution in [0.1, 0.15) is 65.2 Å². The second-order valence-electron chi connectivity index (χ2n) is 4.68. The number of rotatable bonds is 10. The second-order valence-corrected chi connectivity index (χ2v) is 6.40. The monoisotopic (exact) mass is 288 g/mol. The number of hydrogen-bond donors (Lipinski definition) is 1. The Bertz CT molecular complexity index is 280. The molecule has 104 valence electrons. The van der Waals surface area contributed by atoms with E-state index in [9.17, 15) is 18.1 Å². The summed E-state index contributed by atoms with van der Waals surface area (Å²) in [5.74, 6) is 0. The van der Waals surface area contributed by atoms with E-state index in [1.807, 2.05) is 0 Å². The van der Waals surface area contributed by atoms with Crippen molar-refractivity contribution in [2.75, 3.05) is 0 Å². The smallest absolute Gasteiger partial charge is 0.748 e. The van der Waals surface area contributed by atoms with Gasteiger partial charge in [-0.1, -0.05) is 51.9 Å². The van der Waals surface area contributed by atoms with E-state index in [0.29, 0.717) is 6.42 Å². The van der Waals surface area contributed by atoms with Crippen molar-refractivity contribution < 1.29 is 47.6 Å². The first-order chi connectivity index (χ1) is 7.89. The molecule has 0 aliphatic rings. The maximum absolute atomic E-state index is 10.7. The van der Waals surface area contributed by atoms with Crippen LogP contribution in [0.25, 0.3) is 0 Å². The molecule has 0 radical (unpaired) electrons. The van der Waals surface area contributed by atoms with Crippen LogP contribution < -0.4 is 29.6 Å². The molecule has 0 bridgehead atoms. The molecule has 0 aromatic heterocycles. The van der Waals surface area contributed by atoms with Gasteiger partial charge in [-0.3, -0.25) is 0 Å². The van der Waals surface area contributed by atoms with Crippen molar-refractivity contribution in [1.82, 2.24) is 0 Å². The molecule has 0 saturated carbocycles. The summed E-state index contributed by atoms with van der Waals surface area (Å²) in [7, 11) is -4.36. The molecular weight excluding hydrogens is 263 g/mol. The zero-order valence-corrected chi connectivity index (χ0v) is 14.7. The summed E-state index contributed by atoms with van der Waals surface area (Å²) in [6.07, 6.45) is 7.18. The molecule has 6 heteroatoms. The summed E-state index contributed by atoms with van der Waals surface area (Å²) in [5, 5.41) is 8.32. The van der Waals surface area contributed by atoms with E-state index in [0.717, 1.165) is 19.3 Å². The fraction of sp³-hybridized carbons (Fsp3) is 1.00. The van der Waals surface area contributed by atoms with Gasteiger partial charge in [0.15, 0.2) is 0 Å². The zero-order chi connectivity index (χ0) is 13.3. The summed E-state index contributed by atoms with van der Waals surface area (Å²) in [4.78, 5) is 0. The average molecular weight is 288 g/mol. The van der Waals surface area contributed by atoms with Crippen molar-refractivity contribution in [3.63, 3.8) is 0 Å². The summed E-state index contributed by atoms with van der Waals surface area (Å²) in [6.45, 7) is 3.44. The molecule has 0 spiro atoms. The maximum atomic E-state index is 10.7. The van der Waals surface area contributed by atoms with Crippen LogP contribution in [0.5, 0.6) is 0 Å². The summed E-state index contributed by atoms with van der Waals surface area (Å²) < 4.78 is 32.0. The van der Waals surface area contributed by atoms with Gasteiger partial charge in [0, 0.05) is 0 Å². The van der Waals surface area contributed by atoms with Crippen LogP contribution in [-0.4, -0.2) is 29.4 Å². The molecule has 0 amide bonds. The minimum absolute atomic E-state index is 0. The van der Waals surface area contributed by atoms with Gasteiger partial charge in [-0.2, -0.15) is 0 Å². The Balaban J connectivity index is 0. The third-order valence-electron chi connectivity index (χ3n) is 3.10. The molecular formula is C12H25NaO4S. The first-order valence-electron chi connectivity index (χ1n) is 6.52. The predicted octanol–water partition coefficient (Wildman–Crippen LogP) is -0.574. The first-order valence-corrected chi connectivity index (χ1v) is 7.99. The largest absolute Gasteiger partial charge is 1.00 e. The van der Waals surface area contributed by atoms with Gasteiger partial charge < -0.3 is 9.66 Å². The van der Waals surface area contributed by atoms with Crippen LogP contribution in [0.3, 0.4) is 0 Å². The van der Waals surface area contributed by atoms with Gasteiger partial charge in [0.1, 0.15) is 0 Å². The van der Waals surface area contributed by atoms with E-state index in [2.05, 4.69) is 6.92 Å². The van der Waals surface area contributed by atoms with Gasteiger partial charge >= 0.3 is 29.6 Å². The molecule has 0 heterocycles. The molecule has 2 unspecified atom stereocenters. The summed E-state index contributed by atoms with van der Waals surface area (Å²) in [6, 6.07) is 0. The van der Waals surface area contributed by atoms with Crippen LogP contribution in [-0.2, 0) is 10.1 Å². The van der Waals surface area contributed by atoms with Gasteiger partial charge in [0.25, 0.3) is 0 Å². The molecule has 4 nitrogen and oxygen atoms in total. The second kappa shape index (κ2) is 11.7. The van der Waals surface area contributed by atoms with Crippen molar-refractivity contribution >= 4 is 10.1 Å². The van der Waals surface area contributed by atoms with Crippen LogP contribution in [0, 0.1) is 0 Å². The molecule has 18 heavy (non-hydrogen) atoms. The maximum Gasteiger partial charge on any atom is 1.00 e. The number of hydrogen-bond acceptors (Lipinski definition) is 4. The standard InChI is InChI=1S/C12H26O4S.Na/c1-3-4-5-6-7-8-9-10-12(13)11(2)17(14,15)16;/h11-13H,3-10H2,1-2H3,(H,14,15,16);/q;+1/p-1. The number of aliphatic hydroxyl groups excluding tert-OH is 1. The molecule has 0 fully saturated rings. The molecule has 2 atom stereocenters. The van der Waals surface area contributed by atoms with Crippen molar-refractivity contribution in [3.05, 3.63) is 0 Å². The van der Waals surface area contributed by atoms with Gasteiger partial charge in [0.05, 0.1) is 21.5 Å². The minimum atomic E-state index is -4.36. The van der Waals surface area contributed by atoms with E-state index in [-0.39, 0.29) is 29.6 Å². The Kier molecular flexibility index (Phi) is 13.7. The van der Waals surface area contributed by atoms with Gasteiger partial charge in [-0.05, 0) is 13.3 Å². The Morgan fingerprint density at radius 1 is 1.06 bits per heavy atom. The van der Waals surface area contributed by atoms with E-state index in [4.69, 9.17) is 0 Å². The number of aliphatic hydroxyl groups is 1. The molecule has 0 aliphatic carbocycles. The zero-order valence-electron chi connectivity index (χ0n) is 11.9. The van der Waals surface area contributed by atoms with Crippen molar-refractivity contribution in [2.45, 2.75) is 76.6 Å². The summed E-state index contributed by atoms with van der Waals surface area (Å²) >= 11 is 0. The molecule has 0 aliphatic heterocycles. The topological polar surface area (TPSA) is 77.4 Å². The quantitative estimate of drug-likeness (QED) is 0.332. The van der Waals surface area contributed by atoms with Gasteiger partial charge in [-0.15, -0.1) is 0 Å². The normalized spacial score (nSPS) is 14.9. The van der Waals surface area contributed by atoms with E-state index < -0.39 is 21.5 Å². The fourth-order valence-electron chi connectivity index (χ4n) is 1.74. The fourth-order valence-corrected chi connectivity index (χ4v) is 2.26. The SMILES string of the molecule is CCCCCCCCCC(O)C(C)S(=O)(=O)[O-].[Na+]. The van der Waals surface area contributed by atoms with Crippen molar-refractivity contribution in [2.24, 2.45) is 0 Å². The third-order valence-corrected chi connectivity index (χ3v) is 4.33. The minimum Gasteiger partial charge on any atom is -0.748 e. The van der Waals surface area contributed by atoms with Crippen LogP contribution in [0.4, 0.5) is 0 Å². The molecule has 0 rings (SSSR count). The van der Waals surface area contributed by atoms with Crippen LogP contribution >= 0.6 is 0 Å². The Morgan fingerprint density at radius 3 is 1.94 bits per heavy atom. The first kappa shape index (κ1) is 21.2. The van der Waals surface area contributed by atoms with E-state index in [1.54, 1.807) is 0 Å². The molecule has 0 saturated heterocycles. The van der Waals surface area contributed by atoms with Gasteiger partial charge in [-0.25, -0.2) is 8.42 Å². The van der Waals surface area contributed by atoms with Crippen molar-refractivity contribution in [1.29, 1.82) is 0 Å². The number of unbranched alkanes of at least 4 members (excludes halogenated alkanes) is 6. The Labute approximate surface area is 134 Å². The van der Waals surface area contributed by atoms with Crippen molar-refractivity contribution in [3.8, 4) is 0 Å². The van der Waals surface area contributed by atoms with Crippen LogP contribution in [0.15, 0.2) is 0 Å². The Hall–Kier alpha value is 0.870. The third kappa shape index (κ3) is 10.8. The Morgan fingerprint density at radius 2 is 1.50 bits per heavy atom. The average Bonchev–Trinajstić information content (AvgIpc) is 2.25. The molecule has 0 aromatic carbocycles. The van der Waals surface area contributed by atoms with E-state index >= 15 is 0 Å². The van der Waals surface area contributed by atoms with E-state index in [1.165, 1.54) is 32.6 Å².